The van der Waals surface area contributed by atoms with Gasteiger partial charge in [0, 0.05) is 13.1 Å². The second-order valence-corrected chi connectivity index (χ2v) is 6.20. The number of aliphatic hydroxyl groups is 1. The number of rotatable bonds is 3. The first-order valence-corrected chi connectivity index (χ1v) is 6.69. The zero-order valence-electron chi connectivity index (χ0n) is 8.65. The Balaban J connectivity index is 2.69. The van der Waals surface area contributed by atoms with E-state index >= 15 is 0 Å². The van der Waals surface area contributed by atoms with Crippen LogP contribution in [-0.2, 0) is 10.0 Å². The fraction of sp³-hybridized carbons (Fsp3) is 1.00. The minimum Gasteiger partial charge on any atom is -0.395 e. The molecule has 1 fully saturated rings. The Morgan fingerprint density at radius 2 is 1.71 bits per heavy atom. The molecular weight excluding hydrogens is 202 g/mol. The third-order valence-corrected chi connectivity index (χ3v) is 4.94. The molecule has 0 bridgehead atoms. The van der Waals surface area contributed by atoms with Crippen molar-refractivity contribution in [1.82, 2.24) is 4.31 Å². The highest BCUT2D eigenvalue weighted by Gasteiger charge is 2.28. The SMILES string of the molecule is CC(CO)S(=O)(=O)N1CCCCCC1. The molecule has 1 aliphatic heterocycles. The Kier molecular flexibility index (Phi) is 4.34. The first-order chi connectivity index (χ1) is 6.59. The van der Waals surface area contributed by atoms with Crippen LogP contribution in [-0.4, -0.2) is 42.8 Å². The van der Waals surface area contributed by atoms with Gasteiger partial charge in [0.2, 0.25) is 10.0 Å². The van der Waals surface area contributed by atoms with E-state index < -0.39 is 15.3 Å². The molecule has 1 heterocycles. The molecule has 0 aromatic heterocycles. The molecule has 0 amide bonds. The van der Waals surface area contributed by atoms with E-state index in [4.69, 9.17) is 5.11 Å². The summed E-state index contributed by atoms with van der Waals surface area (Å²) >= 11 is 0. The van der Waals surface area contributed by atoms with E-state index in [9.17, 15) is 8.42 Å². The van der Waals surface area contributed by atoms with Crippen molar-refractivity contribution in [3.63, 3.8) is 0 Å². The molecule has 0 spiro atoms. The van der Waals surface area contributed by atoms with Crippen LogP contribution < -0.4 is 0 Å². The molecule has 4 nitrogen and oxygen atoms in total. The lowest BCUT2D eigenvalue weighted by molar-refractivity contribution is 0.289. The predicted octanol–water partition coefficient (Wildman–Crippen LogP) is 0.573. The summed E-state index contributed by atoms with van der Waals surface area (Å²) in [6.45, 7) is 2.50. The Bertz CT molecular complexity index is 255. The van der Waals surface area contributed by atoms with Gasteiger partial charge in [-0.05, 0) is 19.8 Å². The summed E-state index contributed by atoms with van der Waals surface area (Å²) in [6.07, 6.45) is 4.10. The fourth-order valence-corrected chi connectivity index (χ4v) is 3.11. The lowest BCUT2D eigenvalue weighted by Gasteiger charge is -2.23. The van der Waals surface area contributed by atoms with Gasteiger partial charge in [0.25, 0.3) is 0 Å². The van der Waals surface area contributed by atoms with Crippen LogP contribution in [0.25, 0.3) is 0 Å². The van der Waals surface area contributed by atoms with Gasteiger partial charge in [-0.3, -0.25) is 0 Å². The van der Waals surface area contributed by atoms with E-state index in [0.717, 1.165) is 25.7 Å². The Morgan fingerprint density at radius 3 is 2.14 bits per heavy atom. The van der Waals surface area contributed by atoms with Crippen molar-refractivity contribution in [3.05, 3.63) is 0 Å². The van der Waals surface area contributed by atoms with Crippen LogP contribution in [0.3, 0.4) is 0 Å². The van der Waals surface area contributed by atoms with Crippen molar-refractivity contribution in [2.24, 2.45) is 0 Å². The zero-order valence-corrected chi connectivity index (χ0v) is 9.46. The summed E-state index contributed by atoms with van der Waals surface area (Å²) in [5, 5.41) is 8.20. The third kappa shape index (κ3) is 2.68. The molecule has 1 rings (SSSR count). The molecular formula is C9H19NO3S. The van der Waals surface area contributed by atoms with Crippen molar-refractivity contribution in [3.8, 4) is 0 Å². The highest BCUT2D eigenvalue weighted by molar-refractivity contribution is 7.89. The van der Waals surface area contributed by atoms with Crippen LogP contribution in [0.5, 0.6) is 0 Å². The van der Waals surface area contributed by atoms with Crippen LogP contribution >= 0.6 is 0 Å². The Labute approximate surface area is 86.0 Å². The molecule has 0 aromatic rings. The fourth-order valence-electron chi connectivity index (χ4n) is 1.64. The van der Waals surface area contributed by atoms with Gasteiger partial charge >= 0.3 is 0 Å². The van der Waals surface area contributed by atoms with Crippen LogP contribution in [0.1, 0.15) is 32.6 Å². The van der Waals surface area contributed by atoms with Gasteiger partial charge in [0.15, 0.2) is 0 Å². The average molecular weight is 221 g/mol. The molecule has 1 saturated heterocycles. The summed E-state index contributed by atoms with van der Waals surface area (Å²) in [5.74, 6) is 0. The number of hydrogen-bond acceptors (Lipinski definition) is 3. The summed E-state index contributed by atoms with van der Waals surface area (Å²) in [7, 11) is -3.25. The first-order valence-electron chi connectivity index (χ1n) is 5.19. The molecule has 0 saturated carbocycles. The number of aliphatic hydroxyl groups excluding tert-OH is 1. The van der Waals surface area contributed by atoms with Crippen LogP contribution in [0.4, 0.5) is 0 Å². The predicted molar refractivity (Wildman–Crippen MR) is 55.5 cm³/mol. The van der Waals surface area contributed by atoms with Crippen molar-refractivity contribution >= 4 is 10.0 Å². The van der Waals surface area contributed by atoms with Gasteiger partial charge in [-0.1, -0.05) is 12.8 Å². The largest absolute Gasteiger partial charge is 0.395 e. The minimum atomic E-state index is -3.25. The average Bonchev–Trinajstić information content (AvgIpc) is 2.44. The number of hydrogen-bond donors (Lipinski definition) is 1. The lowest BCUT2D eigenvalue weighted by Crippen LogP contribution is -2.39. The van der Waals surface area contributed by atoms with Crippen molar-refractivity contribution in [1.29, 1.82) is 0 Å². The Hall–Kier alpha value is -0.130. The van der Waals surface area contributed by atoms with E-state index in [1.165, 1.54) is 4.31 Å². The molecule has 1 atom stereocenters. The van der Waals surface area contributed by atoms with Crippen LogP contribution in [0, 0.1) is 0 Å². The maximum Gasteiger partial charge on any atom is 0.218 e. The molecule has 0 aromatic carbocycles. The number of nitrogens with zero attached hydrogens (tertiary/aromatic N) is 1. The monoisotopic (exact) mass is 221 g/mol. The second kappa shape index (κ2) is 5.09. The van der Waals surface area contributed by atoms with Gasteiger partial charge in [-0.2, -0.15) is 0 Å². The maximum absolute atomic E-state index is 11.8. The van der Waals surface area contributed by atoms with Gasteiger partial charge in [-0.25, -0.2) is 12.7 Å². The van der Waals surface area contributed by atoms with E-state index in [0.29, 0.717) is 13.1 Å². The van der Waals surface area contributed by atoms with Crippen LogP contribution in [0.2, 0.25) is 0 Å². The smallest absolute Gasteiger partial charge is 0.218 e. The van der Waals surface area contributed by atoms with Crippen molar-refractivity contribution in [2.45, 2.75) is 37.9 Å². The highest BCUT2D eigenvalue weighted by atomic mass is 32.2. The van der Waals surface area contributed by atoms with Gasteiger partial charge < -0.3 is 5.11 Å². The first kappa shape index (κ1) is 11.9. The quantitative estimate of drug-likeness (QED) is 0.758. The zero-order chi connectivity index (χ0) is 10.6. The molecule has 1 unspecified atom stereocenters. The van der Waals surface area contributed by atoms with E-state index in [1.807, 2.05) is 0 Å². The van der Waals surface area contributed by atoms with Crippen molar-refractivity contribution in [2.75, 3.05) is 19.7 Å². The van der Waals surface area contributed by atoms with E-state index in [2.05, 4.69) is 0 Å². The summed E-state index contributed by atoms with van der Waals surface area (Å²) in [4.78, 5) is 0. The second-order valence-electron chi connectivity index (χ2n) is 3.85. The molecule has 84 valence electrons. The van der Waals surface area contributed by atoms with Crippen molar-refractivity contribution < 1.29 is 13.5 Å². The van der Waals surface area contributed by atoms with Gasteiger partial charge in [0.1, 0.15) is 0 Å². The molecule has 14 heavy (non-hydrogen) atoms. The lowest BCUT2D eigenvalue weighted by atomic mass is 10.2. The molecule has 0 aliphatic carbocycles. The maximum atomic E-state index is 11.8. The topological polar surface area (TPSA) is 57.6 Å². The highest BCUT2D eigenvalue weighted by Crippen LogP contribution is 2.16. The standard InChI is InChI=1S/C9H19NO3S/c1-9(8-11)14(12,13)10-6-4-2-3-5-7-10/h9,11H,2-8H2,1H3. The summed E-state index contributed by atoms with van der Waals surface area (Å²) in [5.41, 5.74) is 0. The van der Waals surface area contributed by atoms with Gasteiger partial charge in [-0.15, -0.1) is 0 Å². The summed E-state index contributed by atoms with van der Waals surface area (Å²) < 4.78 is 25.2. The van der Waals surface area contributed by atoms with E-state index in [1.54, 1.807) is 6.92 Å². The normalized spacial score (nSPS) is 23.0. The summed E-state index contributed by atoms with van der Waals surface area (Å²) in [6, 6.07) is 0. The third-order valence-electron chi connectivity index (χ3n) is 2.69. The molecule has 1 aliphatic rings. The molecule has 0 radical (unpaired) electrons. The number of sulfonamides is 1. The van der Waals surface area contributed by atoms with E-state index in [-0.39, 0.29) is 6.61 Å². The van der Waals surface area contributed by atoms with Crippen LogP contribution in [0.15, 0.2) is 0 Å². The van der Waals surface area contributed by atoms with Gasteiger partial charge in [0.05, 0.1) is 11.9 Å². The minimum absolute atomic E-state index is 0.293. The Morgan fingerprint density at radius 1 is 1.21 bits per heavy atom. The molecule has 1 N–H and O–H groups in total. The molecule has 5 heteroatoms.